The van der Waals surface area contributed by atoms with Crippen LogP contribution in [0.2, 0.25) is 0 Å². The Bertz CT molecular complexity index is 853. The average molecular weight is 262 g/mol. The highest BCUT2D eigenvalue weighted by atomic mass is 15.1. The van der Waals surface area contributed by atoms with Crippen LogP contribution in [0.1, 0.15) is 22.4 Å². The van der Waals surface area contributed by atoms with Crippen molar-refractivity contribution in [1.29, 1.82) is 5.26 Å². The number of fused-ring (bicyclic) bond motifs is 1. The molecule has 3 aromatic rings. The maximum Gasteiger partial charge on any atom is 0.139 e. The summed E-state index contributed by atoms with van der Waals surface area (Å²) in [6.45, 7) is 6.04. The van der Waals surface area contributed by atoms with Crippen molar-refractivity contribution in [1.82, 2.24) is 14.5 Å². The van der Waals surface area contributed by atoms with Crippen LogP contribution in [0, 0.1) is 32.1 Å². The monoisotopic (exact) mass is 262 g/mol. The van der Waals surface area contributed by atoms with Crippen LogP contribution >= 0.6 is 0 Å². The van der Waals surface area contributed by atoms with E-state index in [-0.39, 0.29) is 0 Å². The van der Waals surface area contributed by atoms with Crippen LogP contribution in [0.4, 0.5) is 0 Å². The molecule has 4 nitrogen and oxygen atoms in total. The molecule has 98 valence electrons. The van der Waals surface area contributed by atoms with Crippen LogP contribution in [0.25, 0.3) is 16.9 Å². The maximum atomic E-state index is 9.08. The number of imidazole rings is 1. The van der Waals surface area contributed by atoms with Crippen LogP contribution < -0.4 is 0 Å². The molecular weight excluding hydrogens is 248 g/mol. The first-order valence-electron chi connectivity index (χ1n) is 6.42. The average Bonchev–Trinajstić information content (AvgIpc) is 2.81. The van der Waals surface area contributed by atoms with Gasteiger partial charge in [-0.3, -0.25) is 4.57 Å². The lowest BCUT2D eigenvalue weighted by atomic mass is 10.1. The van der Waals surface area contributed by atoms with Gasteiger partial charge in [0.25, 0.3) is 0 Å². The second-order valence-corrected chi connectivity index (χ2v) is 5.01. The lowest BCUT2D eigenvalue weighted by molar-refractivity contribution is 0.997. The summed E-state index contributed by atoms with van der Waals surface area (Å²) in [4.78, 5) is 8.92. The van der Waals surface area contributed by atoms with E-state index in [2.05, 4.69) is 42.0 Å². The molecular formula is C16H14N4. The van der Waals surface area contributed by atoms with Crippen molar-refractivity contribution in [2.75, 3.05) is 0 Å². The van der Waals surface area contributed by atoms with E-state index < -0.39 is 0 Å². The van der Waals surface area contributed by atoms with Gasteiger partial charge < -0.3 is 0 Å². The molecule has 0 fully saturated rings. The van der Waals surface area contributed by atoms with E-state index in [0.717, 1.165) is 22.5 Å². The quantitative estimate of drug-likeness (QED) is 0.676. The number of aryl methyl sites for hydroxylation is 3. The second kappa shape index (κ2) is 4.46. The van der Waals surface area contributed by atoms with Crippen molar-refractivity contribution in [3.63, 3.8) is 0 Å². The molecule has 3 rings (SSSR count). The Hall–Kier alpha value is -2.67. The normalized spacial score (nSPS) is 10.7. The Kier molecular flexibility index (Phi) is 2.76. The second-order valence-electron chi connectivity index (χ2n) is 5.01. The summed E-state index contributed by atoms with van der Waals surface area (Å²) in [5.74, 6) is 0.729. The lowest BCUT2D eigenvalue weighted by Crippen LogP contribution is -1.99. The van der Waals surface area contributed by atoms with Gasteiger partial charge in [-0.15, -0.1) is 0 Å². The zero-order valence-corrected chi connectivity index (χ0v) is 11.7. The van der Waals surface area contributed by atoms with E-state index in [0.29, 0.717) is 5.56 Å². The summed E-state index contributed by atoms with van der Waals surface area (Å²) < 4.78 is 1.93. The Morgan fingerprint density at radius 2 is 1.80 bits per heavy atom. The van der Waals surface area contributed by atoms with E-state index >= 15 is 0 Å². The van der Waals surface area contributed by atoms with Gasteiger partial charge >= 0.3 is 0 Å². The highest BCUT2D eigenvalue weighted by molar-refractivity contribution is 5.79. The zero-order chi connectivity index (χ0) is 14.3. The molecule has 2 aromatic heterocycles. The molecule has 0 radical (unpaired) electrons. The van der Waals surface area contributed by atoms with Crippen LogP contribution in [-0.2, 0) is 0 Å². The first-order valence-corrected chi connectivity index (χ1v) is 6.42. The van der Waals surface area contributed by atoms with E-state index in [1.807, 2.05) is 11.5 Å². The number of hydrogen-bond donors (Lipinski definition) is 0. The molecule has 0 atom stereocenters. The fourth-order valence-electron chi connectivity index (χ4n) is 2.29. The van der Waals surface area contributed by atoms with Gasteiger partial charge in [0.05, 0.1) is 22.7 Å². The van der Waals surface area contributed by atoms with Crippen LogP contribution in [0.15, 0.2) is 30.6 Å². The van der Waals surface area contributed by atoms with E-state index in [1.54, 1.807) is 18.5 Å². The SMILES string of the molecule is Cc1cc(C#N)cc(-n2cnc3cc(C)c(C)cc32)n1. The molecule has 0 aliphatic heterocycles. The number of nitrogens with zero attached hydrogens (tertiary/aromatic N) is 4. The zero-order valence-electron chi connectivity index (χ0n) is 11.7. The summed E-state index contributed by atoms with van der Waals surface area (Å²) >= 11 is 0. The first-order chi connectivity index (χ1) is 9.58. The largest absolute Gasteiger partial charge is 0.283 e. The van der Waals surface area contributed by atoms with Crippen molar-refractivity contribution in [2.45, 2.75) is 20.8 Å². The van der Waals surface area contributed by atoms with Crippen LogP contribution in [0.3, 0.4) is 0 Å². The molecule has 0 bridgehead atoms. The summed E-state index contributed by atoms with van der Waals surface area (Å²) in [6, 6.07) is 9.90. The van der Waals surface area contributed by atoms with Crippen LogP contribution in [-0.4, -0.2) is 14.5 Å². The van der Waals surface area contributed by atoms with Crippen molar-refractivity contribution in [3.8, 4) is 11.9 Å². The van der Waals surface area contributed by atoms with Crippen molar-refractivity contribution in [2.24, 2.45) is 0 Å². The van der Waals surface area contributed by atoms with Crippen molar-refractivity contribution >= 4 is 11.0 Å². The topological polar surface area (TPSA) is 54.5 Å². The van der Waals surface area contributed by atoms with E-state index in [9.17, 15) is 0 Å². The maximum absolute atomic E-state index is 9.08. The van der Waals surface area contributed by atoms with Crippen LogP contribution in [0.5, 0.6) is 0 Å². The van der Waals surface area contributed by atoms with Gasteiger partial charge in [0.1, 0.15) is 12.1 Å². The molecule has 0 amide bonds. The number of nitriles is 1. The molecule has 20 heavy (non-hydrogen) atoms. The number of aromatic nitrogens is 3. The predicted octanol–water partition coefficient (Wildman–Crippen LogP) is 3.22. The molecule has 1 aromatic carbocycles. The number of benzene rings is 1. The van der Waals surface area contributed by atoms with Gasteiger partial charge in [0, 0.05) is 5.69 Å². The molecule has 0 N–H and O–H groups in total. The van der Waals surface area contributed by atoms with Gasteiger partial charge in [-0.05, 0) is 56.2 Å². The van der Waals surface area contributed by atoms with Crippen molar-refractivity contribution in [3.05, 3.63) is 53.0 Å². The standard InChI is InChI=1S/C16H14N4/c1-10-4-14-15(5-11(10)2)20(9-18-14)16-7-13(8-17)6-12(3)19-16/h4-7,9H,1-3H3. The highest BCUT2D eigenvalue weighted by Gasteiger charge is 2.09. The third kappa shape index (κ3) is 1.94. The Morgan fingerprint density at radius 1 is 1.05 bits per heavy atom. The van der Waals surface area contributed by atoms with Gasteiger partial charge in [0.2, 0.25) is 0 Å². The molecule has 0 saturated heterocycles. The summed E-state index contributed by atoms with van der Waals surface area (Å²) in [5.41, 5.74) is 5.82. The summed E-state index contributed by atoms with van der Waals surface area (Å²) in [6.07, 6.45) is 1.76. The van der Waals surface area contributed by atoms with Gasteiger partial charge in [-0.1, -0.05) is 0 Å². The molecule has 0 aliphatic carbocycles. The molecule has 0 unspecified atom stereocenters. The minimum Gasteiger partial charge on any atom is -0.283 e. The fourth-order valence-corrected chi connectivity index (χ4v) is 2.29. The smallest absolute Gasteiger partial charge is 0.139 e. The molecule has 4 heteroatoms. The van der Waals surface area contributed by atoms with Gasteiger partial charge in [-0.2, -0.15) is 5.26 Å². The molecule has 2 heterocycles. The number of pyridine rings is 1. The molecule has 0 saturated carbocycles. The van der Waals surface area contributed by atoms with E-state index in [1.165, 1.54) is 11.1 Å². The lowest BCUT2D eigenvalue weighted by Gasteiger charge is -2.06. The third-order valence-electron chi connectivity index (χ3n) is 3.48. The molecule has 0 aliphatic rings. The Balaban J connectivity index is 2.28. The fraction of sp³-hybridized carbons (Fsp3) is 0.188. The predicted molar refractivity (Wildman–Crippen MR) is 77.8 cm³/mol. The number of hydrogen-bond acceptors (Lipinski definition) is 3. The highest BCUT2D eigenvalue weighted by Crippen LogP contribution is 2.21. The Morgan fingerprint density at radius 3 is 2.55 bits per heavy atom. The summed E-state index contributed by atoms with van der Waals surface area (Å²) in [7, 11) is 0. The summed E-state index contributed by atoms with van der Waals surface area (Å²) in [5, 5.41) is 9.08. The first kappa shape index (κ1) is 12.4. The number of rotatable bonds is 1. The van der Waals surface area contributed by atoms with Gasteiger partial charge in [-0.25, -0.2) is 9.97 Å². The van der Waals surface area contributed by atoms with E-state index in [4.69, 9.17) is 5.26 Å². The van der Waals surface area contributed by atoms with Gasteiger partial charge in [0.15, 0.2) is 0 Å². The minimum atomic E-state index is 0.609. The Labute approximate surface area is 117 Å². The van der Waals surface area contributed by atoms with Crippen molar-refractivity contribution < 1.29 is 0 Å². The minimum absolute atomic E-state index is 0.609. The third-order valence-corrected chi connectivity index (χ3v) is 3.48. The molecule has 0 spiro atoms.